The summed E-state index contributed by atoms with van der Waals surface area (Å²) in [7, 11) is 1.33. The van der Waals surface area contributed by atoms with Gasteiger partial charge in [-0.2, -0.15) is 0 Å². The van der Waals surface area contributed by atoms with Gasteiger partial charge in [-0.3, -0.25) is 4.90 Å². The van der Waals surface area contributed by atoms with Gasteiger partial charge in [-0.1, -0.05) is 29.8 Å². The summed E-state index contributed by atoms with van der Waals surface area (Å²) < 4.78 is 10.6. The van der Waals surface area contributed by atoms with Crippen LogP contribution < -0.4 is 10.6 Å². The molecule has 3 rings (SSSR count). The number of aryl methyl sites for hydroxylation is 1. The Morgan fingerprint density at radius 1 is 1.09 bits per heavy atom. The predicted octanol–water partition coefficient (Wildman–Crippen LogP) is 2.72. The number of hydrogen-bond acceptors (Lipinski definition) is 6. The second kappa shape index (κ2) is 10.2. The van der Waals surface area contributed by atoms with E-state index in [1.165, 1.54) is 7.11 Å². The first-order valence-electron chi connectivity index (χ1n) is 11.2. The van der Waals surface area contributed by atoms with Crippen LogP contribution in [0.15, 0.2) is 35.5 Å². The fraction of sp³-hybridized carbons (Fsp3) is 0.542. The average Bonchev–Trinajstić information content (AvgIpc) is 2.98. The molecule has 0 unspecified atom stereocenters. The summed E-state index contributed by atoms with van der Waals surface area (Å²) in [5.41, 5.74) is 2.24. The summed E-state index contributed by atoms with van der Waals surface area (Å²) in [5.74, 6) is -0.492. The first-order valence-corrected chi connectivity index (χ1v) is 11.2. The number of nitrogens with one attached hydrogen (secondary N) is 2. The van der Waals surface area contributed by atoms with Gasteiger partial charge < -0.3 is 25.0 Å². The Balaban J connectivity index is 1.80. The minimum Gasteiger partial charge on any atom is -0.466 e. The second-order valence-corrected chi connectivity index (χ2v) is 9.42. The molecule has 0 bridgehead atoms. The van der Waals surface area contributed by atoms with E-state index < -0.39 is 17.6 Å². The zero-order chi connectivity index (χ0) is 24.2. The van der Waals surface area contributed by atoms with Crippen LogP contribution in [0, 0.1) is 6.92 Å². The van der Waals surface area contributed by atoms with Gasteiger partial charge in [-0.15, -0.1) is 0 Å². The fourth-order valence-corrected chi connectivity index (χ4v) is 3.96. The number of amides is 3. The second-order valence-electron chi connectivity index (χ2n) is 9.42. The van der Waals surface area contributed by atoms with E-state index in [-0.39, 0.29) is 12.1 Å². The van der Waals surface area contributed by atoms with Gasteiger partial charge in [-0.05, 0) is 39.7 Å². The summed E-state index contributed by atoms with van der Waals surface area (Å²) in [5, 5.41) is 5.65. The zero-order valence-electron chi connectivity index (χ0n) is 20.1. The maximum Gasteiger partial charge on any atom is 0.410 e. The SMILES string of the molecule is COC(=O)C1=C(CN2CCCN(C(=O)OC(C)(C)C)CC2)NC(=O)N[C@H]1c1ccc(C)cc1. The third kappa shape index (κ3) is 6.47. The third-order valence-electron chi connectivity index (χ3n) is 5.59. The number of methoxy groups -OCH3 is 1. The molecule has 0 aliphatic carbocycles. The van der Waals surface area contributed by atoms with Crippen molar-refractivity contribution in [3.63, 3.8) is 0 Å². The lowest BCUT2D eigenvalue weighted by molar-refractivity contribution is -0.136. The standard InChI is InChI=1S/C24H34N4O5/c1-16-7-9-17(10-8-16)20-19(21(29)32-5)18(25-22(30)26-20)15-27-11-6-12-28(14-13-27)23(31)33-24(2,3)4/h7-10,20H,6,11-15H2,1-5H3,(H2,25,26,30)/t20-/m0/s1. The van der Waals surface area contributed by atoms with Crippen molar-refractivity contribution in [3.05, 3.63) is 46.7 Å². The summed E-state index contributed by atoms with van der Waals surface area (Å²) in [6, 6.07) is 6.71. The molecule has 0 saturated carbocycles. The monoisotopic (exact) mass is 458 g/mol. The Kier molecular flexibility index (Phi) is 7.63. The fourth-order valence-electron chi connectivity index (χ4n) is 3.96. The molecule has 3 amide bonds. The quantitative estimate of drug-likeness (QED) is 0.673. The van der Waals surface area contributed by atoms with E-state index in [2.05, 4.69) is 15.5 Å². The van der Waals surface area contributed by atoms with Crippen molar-refractivity contribution in [1.82, 2.24) is 20.4 Å². The van der Waals surface area contributed by atoms with Crippen LogP contribution in [0.25, 0.3) is 0 Å². The molecule has 2 heterocycles. The first-order chi connectivity index (χ1) is 15.6. The summed E-state index contributed by atoms with van der Waals surface area (Å²) >= 11 is 0. The maximum atomic E-state index is 12.8. The smallest absolute Gasteiger partial charge is 0.410 e. The average molecular weight is 459 g/mol. The summed E-state index contributed by atoms with van der Waals surface area (Å²) in [4.78, 5) is 41.5. The molecule has 1 aromatic rings. The number of nitrogens with zero attached hydrogens (tertiary/aromatic N) is 2. The largest absolute Gasteiger partial charge is 0.466 e. The molecule has 1 aromatic carbocycles. The molecule has 180 valence electrons. The molecule has 0 spiro atoms. The van der Waals surface area contributed by atoms with Crippen LogP contribution in [0.3, 0.4) is 0 Å². The molecule has 1 atom stereocenters. The molecular formula is C24H34N4O5. The van der Waals surface area contributed by atoms with Crippen LogP contribution in [0.4, 0.5) is 9.59 Å². The molecule has 9 nitrogen and oxygen atoms in total. The van der Waals surface area contributed by atoms with E-state index in [4.69, 9.17) is 9.47 Å². The number of hydrogen-bond donors (Lipinski definition) is 2. The van der Waals surface area contributed by atoms with Crippen LogP contribution in [0.1, 0.15) is 44.4 Å². The molecule has 1 fully saturated rings. The van der Waals surface area contributed by atoms with E-state index >= 15 is 0 Å². The molecule has 33 heavy (non-hydrogen) atoms. The molecule has 2 N–H and O–H groups in total. The van der Waals surface area contributed by atoms with Crippen LogP contribution in [-0.2, 0) is 14.3 Å². The number of carbonyl (C=O) groups is 3. The molecule has 2 aliphatic heterocycles. The van der Waals surface area contributed by atoms with Crippen molar-refractivity contribution in [2.24, 2.45) is 0 Å². The number of benzene rings is 1. The molecule has 0 radical (unpaired) electrons. The number of rotatable bonds is 4. The minimum atomic E-state index is -0.605. The lowest BCUT2D eigenvalue weighted by atomic mass is 9.94. The maximum absolute atomic E-state index is 12.8. The Morgan fingerprint density at radius 2 is 1.79 bits per heavy atom. The van der Waals surface area contributed by atoms with Crippen molar-refractivity contribution in [1.29, 1.82) is 0 Å². The lowest BCUT2D eigenvalue weighted by Crippen LogP contribution is -2.48. The highest BCUT2D eigenvalue weighted by atomic mass is 16.6. The molecule has 0 aromatic heterocycles. The topological polar surface area (TPSA) is 100 Å². The van der Waals surface area contributed by atoms with E-state index in [1.54, 1.807) is 4.90 Å². The van der Waals surface area contributed by atoms with Crippen molar-refractivity contribution in [2.75, 3.05) is 39.8 Å². The molecule has 1 saturated heterocycles. The van der Waals surface area contributed by atoms with Crippen LogP contribution in [0.2, 0.25) is 0 Å². The van der Waals surface area contributed by atoms with E-state index in [0.717, 1.165) is 24.1 Å². The Labute approximate surface area is 195 Å². The van der Waals surface area contributed by atoms with Gasteiger partial charge in [0.05, 0.1) is 18.7 Å². The number of carbonyl (C=O) groups excluding carboxylic acids is 3. The number of urea groups is 1. The van der Waals surface area contributed by atoms with Gasteiger partial charge >= 0.3 is 18.1 Å². The van der Waals surface area contributed by atoms with Gasteiger partial charge in [0.15, 0.2) is 0 Å². The predicted molar refractivity (Wildman–Crippen MR) is 123 cm³/mol. The molecule has 9 heteroatoms. The highest BCUT2D eigenvalue weighted by Crippen LogP contribution is 2.28. The van der Waals surface area contributed by atoms with Crippen LogP contribution in [-0.4, -0.2) is 73.3 Å². The van der Waals surface area contributed by atoms with Crippen molar-refractivity contribution >= 4 is 18.1 Å². The lowest BCUT2D eigenvalue weighted by Gasteiger charge is -2.31. The van der Waals surface area contributed by atoms with Crippen LogP contribution in [0.5, 0.6) is 0 Å². The van der Waals surface area contributed by atoms with Gasteiger partial charge in [-0.25, -0.2) is 14.4 Å². The molecular weight excluding hydrogens is 424 g/mol. The first kappa shape index (κ1) is 24.6. The van der Waals surface area contributed by atoms with Crippen molar-refractivity contribution in [2.45, 2.75) is 45.8 Å². The van der Waals surface area contributed by atoms with Gasteiger partial charge in [0.1, 0.15) is 5.60 Å². The van der Waals surface area contributed by atoms with Crippen LogP contribution >= 0.6 is 0 Å². The minimum absolute atomic E-state index is 0.326. The number of ether oxygens (including phenoxy) is 2. The van der Waals surface area contributed by atoms with Crippen molar-refractivity contribution < 1.29 is 23.9 Å². The van der Waals surface area contributed by atoms with E-state index in [9.17, 15) is 14.4 Å². The van der Waals surface area contributed by atoms with Gasteiger partial charge in [0, 0.05) is 38.4 Å². The number of esters is 1. The molecule has 2 aliphatic rings. The normalized spacial score (nSPS) is 20.0. The zero-order valence-corrected chi connectivity index (χ0v) is 20.1. The summed E-state index contributed by atoms with van der Waals surface area (Å²) in [6.07, 6.45) is 0.432. The van der Waals surface area contributed by atoms with E-state index in [0.29, 0.717) is 37.4 Å². The Bertz CT molecular complexity index is 920. The van der Waals surface area contributed by atoms with E-state index in [1.807, 2.05) is 52.0 Å². The Morgan fingerprint density at radius 3 is 2.42 bits per heavy atom. The highest BCUT2D eigenvalue weighted by molar-refractivity contribution is 5.95. The van der Waals surface area contributed by atoms with Gasteiger partial charge in [0.2, 0.25) is 0 Å². The van der Waals surface area contributed by atoms with Crippen molar-refractivity contribution in [3.8, 4) is 0 Å². The summed E-state index contributed by atoms with van der Waals surface area (Å²) in [6.45, 7) is 10.3. The highest BCUT2D eigenvalue weighted by Gasteiger charge is 2.34. The van der Waals surface area contributed by atoms with Gasteiger partial charge in [0.25, 0.3) is 0 Å². The third-order valence-corrected chi connectivity index (χ3v) is 5.59. The Hall–Kier alpha value is -3.07.